The summed E-state index contributed by atoms with van der Waals surface area (Å²) in [5, 5.41) is 11.5. The molecule has 0 unspecified atom stereocenters. The van der Waals surface area contributed by atoms with Crippen LogP contribution in [0, 0.1) is 6.92 Å². The number of aryl methyl sites for hydroxylation is 2. The lowest BCUT2D eigenvalue weighted by atomic mass is 10.1. The van der Waals surface area contributed by atoms with Gasteiger partial charge in [-0.3, -0.25) is 9.36 Å². The first-order chi connectivity index (χ1) is 19.0. The minimum Gasteiger partial charge on any atom is -0.496 e. The summed E-state index contributed by atoms with van der Waals surface area (Å²) in [6, 6.07) is 17.8. The molecule has 6 nitrogen and oxygen atoms in total. The second kappa shape index (κ2) is 18.8. The van der Waals surface area contributed by atoms with Crippen LogP contribution >= 0.6 is 12.6 Å². The van der Waals surface area contributed by atoms with Crippen LogP contribution in [0.5, 0.6) is 5.75 Å². The predicted molar refractivity (Wildman–Crippen MR) is 160 cm³/mol. The van der Waals surface area contributed by atoms with E-state index in [0.717, 1.165) is 72.9 Å². The summed E-state index contributed by atoms with van der Waals surface area (Å²) in [7, 11) is 1.64. The van der Waals surface area contributed by atoms with Crippen molar-refractivity contribution in [3.8, 4) is 11.4 Å². The van der Waals surface area contributed by atoms with Crippen molar-refractivity contribution in [1.29, 1.82) is 0 Å². The van der Waals surface area contributed by atoms with Crippen molar-refractivity contribution in [2.24, 2.45) is 0 Å². The zero-order valence-electron chi connectivity index (χ0n) is 23.3. The van der Waals surface area contributed by atoms with Crippen LogP contribution < -0.4 is 10.1 Å². The van der Waals surface area contributed by atoms with Crippen LogP contribution in [0.3, 0.4) is 0 Å². The Hall–Kier alpha value is -3.39. The molecule has 0 bridgehead atoms. The molecule has 1 amide bonds. The molecule has 3 aromatic rings. The second-order valence-corrected chi connectivity index (χ2v) is 9.28. The van der Waals surface area contributed by atoms with Gasteiger partial charge in [-0.1, -0.05) is 61.0 Å². The molecule has 0 spiro atoms. The van der Waals surface area contributed by atoms with Crippen molar-refractivity contribution in [2.45, 2.75) is 65.3 Å². The number of halogens is 1. The summed E-state index contributed by atoms with van der Waals surface area (Å²) in [6.07, 6.45) is 10.00. The molecule has 0 aliphatic carbocycles. The van der Waals surface area contributed by atoms with Crippen molar-refractivity contribution < 1.29 is 13.9 Å². The monoisotopic (exact) mass is 552 g/mol. The van der Waals surface area contributed by atoms with Gasteiger partial charge in [0.2, 0.25) is 5.91 Å². The number of carbonyl (C=O) groups excluding carboxylic acids is 1. The van der Waals surface area contributed by atoms with Gasteiger partial charge in [0.05, 0.1) is 13.4 Å². The number of hydrogen-bond donors (Lipinski definition) is 2. The number of para-hydroxylation sites is 2. The molecule has 3 rings (SSSR count). The van der Waals surface area contributed by atoms with Gasteiger partial charge in [-0.25, -0.2) is 4.39 Å². The van der Waals surface area contributed by atoms with Crippen LogP contribution in [0.2, 0.25) is 0 Å². The van der Waals surface area contributed by atoms with E-state index in [1.165, 1.54) is 11.6 Å². The molecular formula is C31H41FN4O2S. The summed E-state index contributed by atoms with van der Waals surface area (Å²) >= 11 is 4.17. The molecule has 0 fully saturated rings. The van der Waals surface area contributed by atoms with E-state index in [9.17, 15) is 9.18 Å². The molecular weight excluding hydrogens is 511 g/mol. The van der Waals surface area contributed by atoms with E-state index in [1.807, 2.05) is 61.5 Å². The normalized spacial score (nSPS) is 11.3. The molecule has 0 aliphatic rings. The fourth-order valence-electron chi connectivity index (χ4n) is 4.05. The van der Waals surface area contributed by atoms with Crippen LogP contribution in [0.15, 0.2) is 78.7 Å². The Kier molecular flexibility index (Phi) is 15.3. The first-order valence-electron chi connectivity index (χ1n) is 13.4. The Morgan fingerprint density at radius 2 is 1.82 bits per heavy atom. The van der Waals surface area contributed by atoms with E-state index >= 15 is 0 Å². The number of nitrogens with zero attached hydrogens (tertiary/aromatic N) is 3. The van der Waals surface area contributed by atoms with Crippen molar-refractivity contribution in [3.63, 3.8) is 0 Å². The van der Waals surface area contributed by atoms with Crippen LogP contribution in [-0.4, -0.2) is 33.5 Å². The molecule has 1 N–H and O–H groups in total. The van der Waals surface area contributed by atoms with Crippen molar-refractivity contribution in [2.75, 3.05) is 12.9 Å². The van der Waals surface area contributed by atoms with Crippen LogP contribution in [-0.2, 0) is 17.8 Å². The fraction of sp³-hybridized carbons (Fsp3) is 0.387. The quantitative estimate of drug-likeness (QED) is 0.127. The van der Waals surface area contributed by atoms with Gasteiger partial charge in [-0.05, 0) is 57.2 Å². The predicted octanol–water partition coefficient (Wildman–Crippen LogP) is 7.13. The molecule has 39 heavy (non-hydrogen) atoms. The Balaban J connectivity index is 0.000000411. The molecule has 1 aromatic heterocycles. The van der Waals surface area contributed by atoms with Crippen molar-refractivity contribution >= 4 is 18.5 Å². The van der Waals surface area contributed by atoms with E-state index in [1.54, 1.807) is 7.11 Å². The number of nitrogens with one attached hydrogen (secondary N) is 1. The molecule has 0 saturated heterocycles. The summed E-state index contributed by atoms with van der Waals surface area (Å²) in [5.74, 6) is 3.42. The fourth-order valence-corrected chi connectivity index (χ4v) is 4.33. The Bertz CT molecular complexity index is 1180. The average molecular weight is 553 g/mol. The smallest absolute Gasteiger partial charge is 0.220 e. The molecule has 8 heteroatoms. The number of benzene rings is 2. The number of hydrogen-bond acceptors (Lipinski definition) is 5. The van der Waals surface area contributed by atoms with Gasteiger partial charge in [0.15, 0.2) is 0 Å². The number of ether oxygens (including phenoxy) is 1. The maximum atomic E-state index is 12.1. The highest BCUT2D eigenvalue weighted by molar-refractivity contribution is 7.80. The highest BCUT2D eigenvalue weighted by Gasteiger charge is 2.11. The number of unbranched alkanes of at least 4 members (excludes halogenated alkanes) is 1. The first kappa shape index (κ1) is 31.8. The van der Waals surface area contributed by atoms with Gasteiger partial charge < -0.3 is 10.1 Å². The number of methoxy groups -OCH3 is 1. The van der Waals surface area contributed by atoms with E-state index in [-0.39, 0.29) is 5.91 Å². The van der Waals surface area contributed by atoms with E-state index in [4.69, 9.17) is 4.74 Å². The summed E-state index contributed by atoms with van der Waals surface area (Å²) in [5.41, 5.74) is 3.34. The lowest BCUT2D eigenvalue weighted by molar-refractivity contribution is -0.121. The third kappa shape index (κ3) is 11.5. The van der Waals surface area contributed by atoms with E-state index in [0.29, 0.717) is 19.3 Å². The number of amides is 1. The lowest BCUT2D eigenvalue weighted by Crippen LogP contribution is -2.22. The summed E-state index contributed by atoms with van der Waals surface area (Å²) < 4.78 is 18.9. The largest absolute Gasteiger partial charge is 0.496 e. The maximum Gasteiger partial charge on any atom is 0.220 e. The molecule has 210 valence electrons. The zero-order chi connectivity index (χ0) is 28.3. The molecule has 1 heterocycles. The molecule has 2 aromatic carbocycles. The van der Waals surface area contributed by atoms with Gasteiger partial charge in [-0.2, -0.15) is 12.6 Å². The van der Waals surface area contributed by atoms with E-state index in [2.05, 4.69) is 45.7 Å². The van der Waals surface area contributed by atoms with Gasteiger partial charge in [0, 0.05) is 36.4 Å². The highest BCUT2D eigenvalue weighted by atomic mass is 32.1. The van der Waals surface area contributed by atoms with Crippen LogP contribution in [0.4, 0.5) is 4.39 Å². The van der Waals surface area contributed by atoms with Gasteiger partial charge in [0.1, 0.15) is 17.4 Å². The zero-order valence-corrected chi connectivity index (χ0v) is 24.2. The summed E-state index contributed by atoms with van der Waals surface area (Å²) in [6.45, 7) is 4.52. The van der Waals surface area contributed by atoms with Gasteiger partial charge >= 0.3 is 0 Å². The van der Waals surface area contributed by atoms with Crippen molar-refractivity contribution in [1.82, 2.24) is 20.1 Å². The lowest BCUT2D eigenvalue weighted by Gasteiger charge is -2.10. The minimum absolute atomic E-state index is 0.0478. The number of allylic oxidation sites excluding steroid dienone is 2. The Morgan fingerprint density at radius 1 is 1.08 bits per heavy atom. The molecule has 0 saturated carbocycles. The Labute approximate surface area is 237 Å². The topological polar surface area (TPSA) is 69.0 Å². The highest BCUT2D eigenvalue weighted by Crippen LogP contribution is 2.17. The van der Waals surface area contributed by atoms with Crippen molar-refractivity contribution in [3.05, 3.63) is 95.9 Å². The summed E-state index contributed by atoms with van der Waals surface area (Å²) in [4.78, 5) is 12.1. The third-order valence-corrected chi connectivity index (χ3v) is 6.45. The van der Waals surface area contributed by atoms with Crippen LogP contribution in [0.1, 0.15) is 62.7 Å². The third-order valence-electron chi connectivity index (χ3n) is 6.05. The number of aromatic nitrogens is 3. The first-order valence-corrected chi connectivity index (χ1v) is 14.1. The molecule has 0 atom stereocenters. The van der Waals surface area contributed by atoms with E-state index < -0.39 is 0 Å². The van der Waals surface area contributed by atoms with Crippen LogP contribution in [0.25, 0.3) is 5.69 Å². The SMILES string of the molecule is CC/C=C(/CS)CC/C=C/F.COc1ccccc1CNC(=O)CCCCc1nnc(C)n1-c1ccccc1. The minimum atomic E-state index is 0.0478. The molecule has 0 aliphatic heterocycles. The standard InChI is InChI=1S/C22H26N4O2.C9H15FS/c1-17-24-25-21(26(17)19-11-4-3-5-12-19)14-8-9-15-22(27)23-16-18-10-6-7-13-20(18)28-2;1-2-5-9(8-11)6-3-4-7-10/h3-7,10-13H,8-9,14-16H2,1-2H3,(H,23,27);4-5,7,11H,2-3,6,8H2,1H3/b;7-4+,9-5+. The second-order valence-electron chi connectivity index (χ2n) is 8.96. The maximum absolute atomic E-state index is 12.1. The number of carbonyl (C=O) groups is 1. The molecule has 0 radical (unpaired) electrons. The number of thiol groups is 1. The Morgan fingerprint density at radius 3 is 2.51 bits per heavy atom. The van der Waals surface area contributed by atoms with Gasteiger partial charge in [0.25, 0.3) is 0 Å². The average Bonchev–Trinajstić information content (AvgIpc) is 3.34. The number of rotatable bonds is 14. The van der Waals surface area contributed by atoms with Gasteiger partial charge in [-0.15, -0.1) is 10.2 Å².